The SMILES string of the molecule is COc1ccc(-c2cc3c(NCc4cccc(Cl)c4)ncnc3n2C(C)C)cc1. The minimum Gasteiger partial charge on any atom is -0.497 e. The van der Waals surface area contributed by atoms with Crippen LogP contribution in [0.4, 0.5) is 5.82 Å². The van der Waals surface area contributed by atoms with E-state index in [-0.39, 0.29) is 6.04 Å². The molecule has 0 aliphatic carbocycles. The second kappa shape index (κ2) is 8.13. The lowest BCUT2D eigenvalue weighted by molar-refractivity contribution is 0.415. The largest absolute Gasteiger partial charge is 0.497 e. The van der Waals surface area contributed by atoms with Gasteiger partial charge in [0.2, 0.25) is 0 Å². The van der Waals surface area contributed by atoms with Gasteiger partial charge in [0.05, 0.1) is 18.2 Å². The second-order valence-electron chi connectivity index (χ2n) is 7.16. The minimum absolute atomic E-state index is 0.250. The summed E-state index contributed by atoms with van der Waals surface area (Å²) in [4.78, 5) is 9.07. The molecule has 0 unspecified atom stereocenters. The van der Waals surface area contributed by atoms with Crippen molar-refractivity contribution in [1.29, 1.82) is 0 Å². The highest BCUT2D eigenvalue weighted by atomic mass is 35.5. The molecule has 2 heterocycles. The fourth-order valence-electron chi connectivity index (χ4n) is 3.51. The van der Waals surface area contributed by atoms with Crippen LogP contribution in [0.15, 0.2) is 60.9 Å². The molecule has 0 bridgehead atoms. The van der Waals surface area contributed by atoms with Crippen molar-refractivity contribution in [3.63, 3.8) is 0 Å². The van der Waals surface area contributed by atoms with Crippen molar-refractivity contribution in [2.24, 2.45) is 0 Å². The monoisotopic (exact) mass is 406 g/mol. The molecule has 0 saturated heterocycles. The predicted molar refractivity (Wildman–Crippen MR) is 119 cm³/mol. The van der Waals surface area contributed by atoms with Gasteiger partial charge < -0.3 is 14.6 Å². The Balaban J connectivity index is 1.75. The Bertz CT molecular complexity index is 1140. The maximum Gasteiger partial charge on any atom is 0.146 e. The number of hydrogen-bond donors (Lipinski definition) is 1. The molecule has 0 aliphatic rings. The molecule has 4 aromatic rings. The number of benzene rings is 2. The van der Waals surface area contributed by atoms with E-state index in [2.05, 4.69) is 51.9 Å². The molecule has 0 aliphatic heterocycles. The molecule has 29 heavy (non-hydrogen) atoms. The third-order valence-electron chi connectivity index (χ3n) is 4.88. The van der Waals surface area contributed by atoms with Crippen molar-refractivity contribution in [1.82, 2.24) is 14.5 Å². The number of aromatic nitrogens is 3. The summed E-state index contributed by atoms with van der Waals surface area (Å²) in [5.74, 6) is 1.65. The normalized spacial score (nSPS) is 11.2. The third-order valence-corrected chi connectivity index (χ3v) is 5.12. The van der Waals surface area contributed by atoms with E-state index < -0.39 is 0 Å². The maximum absolute atomic E-state index is 6.10. The van der Waals surface area contributed by atoms with Crippen LogP contribution in [0.3, 0.4) is 0 Å². The first-order valence-electron chi connectivity index (χ1n) is 9.55. The van der Waals surface area contributed by atoms with Crippen LogP contribution in [0.25, 0.3) is 22.3 Å². The number of hydrogen-bond acceptors (Lipinski definition) is 4. The lowest BCUT2D eigenvalue weighted by Gasteiger charge is -2.14. The van der Waals surface area contributed by atoms with Crippen LogP contribution >= 0.6 is 11.6 Å². The molecule has 5 nitrogen and oxygen atoms in total. The van der Waals surface area contributed by atoms with Crippen molar-refractivity contribution in [3.05, 3.63) is 71.5 Å². The molecule has 0 radical (unpaired) electrons. The fraction of sp³-hybridized carbons (Fsp3) is 0.217. The first-order valence-corrected chi connectivity index (χ1v) is 9.93. The van der Waals surface area contributed by atoms with Crippen LogP contribution in [0.5, 0.6) is 5.75 Å². The van der Waals surface area contributed by atoms with Gasteiger partial charge in [-0.25, -0.2) is 9.97 Å². The molecule has 0 spiro atoms. The highest BCUT2D eigenvalue weighted by Crippen LogP contribution is 2.34. The Labute approximate surface area is 175 Å². The molecule has 2 aromatic heterocycles. The molecule has 4 rings (SSSR count). The average molecular weight is 407 g/mol. The van der Waals surface area contributed by atoms with Crippen molar-refractivity contribution >= 4 is 28.5 Å². The quantitative estimate of drug-likeness (QED) is 0.429. The molecule has 0 saturated carbocycles. The first kappa shape index (κ1) is 19.3. The second-order valence-corrected chi connectivity index (χ2v) is 7.60. The van der Waals surface area contributed by atoms with Gasteiger partial charge in [0, 0.05) is 17.6 Å². The van der Waals surface area contributed by atoms with Crippen LogP contribution in [-0.4, -0.2) is 21.6 Å². The predicted octanol–water partition coefficient (Wildman–Crippen LogP) is 5.95. The average Bonchev–Trinajstić information content (AvgIpc) is 3.13. The first-order chi connectivity index (χ1) is 14.1. The fourth-order valence-corrected chi connectivity index (χ4v) is 3.72. The van der Waals surface area contributed by atoms with E-state index in [1.54, 1.807) is 13.4 Å². The summed E-state index contributed by atoms with van der Waals surface area (Å²) in [6, 6.07) is 18.3. The van der Waals surface area contributed by atoms with E-state index in [1.165, 1.54) is 0 Å². The molecule has 0 atom stereocenters. The van der Waals surface area contributed by atoms with Crippen molar-refractivity contribution < 1.29 is 4.74 Å². The summed E-state index contributed by atoms with van der Waals surface area (Å²) in [6.45, 7) is 4.96. The van der Waals surface area contributed by atoms with Crippen molar-refractivity contribution in [2.75, 3.05) is 12.4 Å². The summed E-state index contributed by atoms with van der Waals surface area (Å²) < 4.78 is 7.53. The number of anilines is 1. The van der Waals surface area contributed by atoms with Crippen molar-refractivity contribution in [2.45, 2.75) is 26.4 Å². The summed E-state index contributed by atoms with van der Waals surface area (Å²) in [6.07, 6.45) is 1.61. The number of methoxy groups -OCH3 is 1. The summed E-state index contributed by atoms with van der Waals surface area (Å²) in [5, 5.41) is 5.16. The molecule has 0 fully saturated rings. The van der Waals surface area contributed by atoms with Gasteiger partial charge in [0.1, 0.15) is 23.5 Å². The van der Waals surface area contributed by atoms with Gasteiger partial charge in [0.25, 0.3) is 0 Å². The van der Waals surface area contributed by atoms with E-state index >= 15 is 0 Å². The Hall–Kier alpha value is -3.05. The van der Waals surface area contributed by atoms with Gasteiger partial charge in [0.15, 0.2) is 0 Å². The van der Waals surface area contributed by atoms with Gasteiger partial charge in [-0.1, -0.05) is 23.7 Å². The highest BCUT2D eigenvalue weighted by molar-refractivity contribution is 6.30. The minimum atomic E-state index is 0.250. The van der Waals surface area contributed by atoms with Gasteiger partial charge >= 0.3 is 0 Å². The van der Waals surface area contributed by atoms with Crippen molar-refractivity contribution in [3.8, 4) is 17.0 Å². The third kappa shape index (κ3) is 3.91. The Kier molecular flexibility index (Phi) is 5.41. The van der Waals surface area contributed by atoms with Gasteiger partial charge in [-0.15, -0.1) is 0 Å². The maximum atomic E-state index is 6.10. The van der Waals surface area contributed by atoms with Crippen LogP contribution in [0.2, 0.25) is 5.02 Å². The van der Waals surface area contributed by atoms with Crippen LogP contribution < -0.4 is 10.1 Å². The molecule has 148 valence electrons. The van der Waals surface area contributed by atoms with E-state index in [0.717, 1.165) is 44.4 Å². The number of nitrogens with zero attached hydrogens (tertiary/aromatic N) is 3. The Morgan fingerprint density at radius 1 is 1.07 bits per heavy atom. The molecular formula is C23H23ClN4O. The zero-order valence-electron chi connectivity index (χ0n) is 16.7. The number of halogens is 1. The van der Waals surface area contributed by atoms with Gasteiger partial charge in [-0.05, 0) is 67.4 Å². The smallest absolute Gasteiger partial charge is 0.146 e. The van der Waals surface area contributed by atoms with Crippen LogP contribution in [0.1, 0.15) is 25.5 Å². The number of fused-ring (bicyclic) bond motifs is 1. The Morgan fingerprint density at radius 3 is 2.55 bits per heavy atom. The van der Waals surface area contributed by atoms with E-state index in [1.807, 2.05) is 36.4 Å². The molecule has 2 aromatic carbocycles. The topological polar surface area (TPSA) is 52.0 Å². The summed E-state index contributed by atoms with van der Waals surface area (Å²) in [5.41, 5.74) is 4.22. The van der Waals surface area contributed by atoms with Crippen LogP contribution in [-0.2, 0) is 6.54 Å². The molecule has 1 N–H and O–H groups in total. The van der Waals surface area contributed by atoms with E-state index in [9.17, 15) is 0 Å². The molecule has 0 amide bonds. The summed E-state index contributed by atoms with van der Waals surface area (Å²) in [7, 11) is 1.67. The van der Waals surface area contributed by atoms with Gasteiger partial charge in [-0.2, -0.15) is 0 Å². The number of rotatable bonds is 6. The zero-order chi connectivity index (χ0) is 20.4. The zero-order valence-corrected chi connectivity index (χ0v) is 17.4. The highest BCUT2D eigenvalue weighted by Gasteiger charge is 2.17. The number of nitrogens with one attached hydrogen (secondary N) is 1. The van der Waals surface area contributed by atoms with Gasteiger partial charge in [-0.3, -0.25) is 0 Å². The molecular weight excluding hydrogens is 384 g/mol. The van der Waals surface area contributed by atoms with Crippen LogP contribution in [0, 0.1) is 0 Å². The standard InChI is InChI=1S/C23H23ClN4O/c1-15(2)28-21(17-7-9-19(29-3)10-8-17)12-20-22(26-14-27-23(20)28)25-13-16-5-4-6-18(24)11-16/h4-12,14-15H,13H2,1-3H3,(H,25,26,27). The lowest BCUT2D eigenvalue weighted by Crippen LogP contribution is -2.05. The van der Waals surface area contributed by atoms with E-state index in [0.29, 0.717) is 6.54 Å². The lowest BCUT2D eigenvalue weighted by atomic mass is 10.1. The summed E-state index contributed by atoms with van der Waals surface area (Å²) >= 11 is 6.10. The number of ether oxygens (including phenoxy) is 1. The molecule has 6 heteroatoms. The van der Waals surface area contributed by atoms with E-state index in [4.69, 9.17) is 16.3 Å². The Morgan fingerprint density at radius 2 is 1.86 bits per heavy atom.